The number of nitrogens with zero attached hydrogens (tertiary/aromatic N) is 1. The highest BCUT2D eigenvalue weighted by molar-refractivity contribution is 5.78. The number of carbonyl (C=O) groups is 1. The fourth-order valence-corrected chi connectivity index (χ4v) is 2.47. The lowest BCUT2D eigenvalue weighted by Gasteiger charge is -2.20. The van der Waals surface area contributed by atoms with Crippen molar-refractivity contribution in [1.82, 2.24) is 10.3 Å². The van der Waals surface area contributed by atoms with E-state index in [1.807, 2.05) is 42.5 Å². The van der Waals surface area contributed by atoms with Crippen molar-refractivity contribution in [2.75, 3.05) is 6.61 Å². The summed E-state index contributed by atoms with van der Waals surface area (Å²) >= 11 is 0. The van der Waals surface area contributed by atoms with Gasteiger partial charge in [-0.3, -0.25) is 9.78 Å². The quantitative estimate of drug-likeness (QED) is 0.749. The van der Waals surface area contributed by atoms with Crippen molar-refractivity contribution in [2.24, 2.45) is 0 Å². The highest BCUT2D eigenvalue weighted by Gasteiger charge is 2.17. The summed E-state index contributed by atoms with van der Waals surface area (Å²) in [4.78, 5) is 16.3. The minimum Gasteiger partial charge on any atom is -0.484 e. The monoisotopic (exact) mass is 336 g/mol. The van der Waals surface area contributed by atoms with Gasteiger partial charge in [0, 0.05) is 18.5 Å². The molecule has 1 N–H and O–H groups in total. The van der Waals surface area contributed by atoms with Crippen molar-refractivity contribution in [2.45, 2.75) is 6.04 Å². The number of pyridine rings is 1. The molecule has 0 saturated carbocycles. The van der Waals surface area contributed by atoms with E-state index in [4.69, 9.17) is 4.74 Å². The normalized spacial score (nSPS) is 11.6. The third-order valence-corrected chi connectivity index (χ3v) is 3.64. The summed E-state index contributed by atoms with van der Waals surface area (Å²) in [6.07, 6.45) is 3.36. The molecule has 3 rings (SSSR count). The lowest BCUT2D eigenvalue weighted by molar-refractivity contribution is -0.123. The van der Waals surface area contributed by atoms with E-state index >= 15 is 0 Å². The molecule has 0 bridgehead atoms. The van der Waals surface area contributed by atoms with Crippen molar-refractivity contribution in [3.63, 3.8) is 0 Å². The fraction of sp³-hybridized carbons (Fsp3) is 0.100. The molecule has 0 saturated heterocycles. The molecule has 1 heterocycles. The second kappa shape index (κ2) is 8.06. The number of carbonyl (C=O) groups excluding carboxylic acids is 1. The molecule has 2 aromatic carbocycles. The number of amides is 1. The van der Waals surface area contributed by atoms with Crippen molar-refractivity contribution < 1.29 is 13.9 Å². The van der Waals surface area contributed by atoms with Crippen LogP contribution in [0.1, 0.15) is 17.2 Å². The largest absolute Gasteiger partial charge is 0.484 e. The van der Waals surface area contributed by atoms with Crippen LogP contribution in [-0.4, -0.2) is 17.5 Å². The first-order chi connectivity index (χ1) is 12.2. The number of ether oxygens (including phenoxy) is 1. The van der Waals surface area contributed by atoms with E-state index in [0.717, 1.165) is 11.1 Å². The molecule has 0 aliphatic rings. The van der Waals surface area contributed by atoms with Gasteiger partial charge in [-0.25, -0.2) is 4.39 Å². The third kappa shape index (κ3) is 4.64. The lowest BCUT2D eigenvalue weighted by Crippen LogP contribution is -2.33. The molecule has 1 unspecified atom stereocenters. The van der Waals surface area contributed by atoms with E-state index in [9.17, 15) is 9.18 Å². The summed E-state index contributed by atoms with van der Waals surface area (Å²) in [7, 11) is 0. The van der Waals surface area contributed by atoms with Gasteiger partial charge in [-0.05, 0) is 35.4 Å². The van der Waals surface area contributed by atoms with E-state index in [1.165, 1.54) is 18.2 Å². The number of hydrogen-bond acceptors (Lipinski definition) is 3. The molecule has 3 aromatic rings. The number of benzene rings is 2. The van der Waals surface area contributed by atoms with Gasteiger partial charge in [0.05, 0.1) is 6.04 Å². The van der Waals surface area contributed by atoms with E-state index in [2.05, 4.69) is 10.3 Å². The predicted molar refractivity (Wildman–Crippen MR) is 92.6 cm³/mol. The van der Waals surface area contributed by atoms with Crippen LogP contribution >= 0.6 is 0 Å². The Morgan fingerprint density at radius 1 is 1.00 bits per heavy atom. The summed E-state index contributed by atoms with van der Waals surface area (Å²) in [6, 6.07) is 18.7. The van der Waals surface area contributed by atoms with Crippen LogP contribution in [0.2, 0.25) is 0 Å². The van der Waals surface area contributed by atoms with E-state index in [1.54, 1.807) is 18.5 Å². The summed E-state index contributed by atoms with van der Waals surface area (Å²) in [5, 5.41) is 2.95. The summed E-state index contributed by atoms with van der Waals surface area (Å²) in [6.45, 7) is -0.197. The number of halogens is 1. The zero-order valence-electron chi connectivity index (χ0n) is 13.4. The van der Waals surface area contributed by atoms with Crippen LogP contribution in [0.5, 0.6) is 5.75 Å². The molecule has 5 heteroatoms. The molecular formula is C20H17FN2O2. The Bertz CT molecular complexity index is 786. The highest BCUT2D eigenvalue weighted by atomic mass is 19.1. The zero-order valence-corrected chi connectivity index (χ0v) is 13.4. The second-order valence-corrected chi connectivity index (χ2v) is 5.44. The minimum absolute atomic E-state index is 0.197. The maximum Gasteiger partial charge on any atom is 0.258 e. The van der Waals surface area contributed by atoms with Gasteiger partial charge in [-0.1, -0.05) is 36.4 Å². The first-order valence-corrected chi connectivity index (χ1v) is 7.85. The number of nitrogens with one attached hydrogen (secondary N) is 1. The zero-order chi connectivity index (χ0) is 17.5. The second-order valence-electron chi connectivity index (χ2n) is 5.44. The molecule has 0 aliphatic carbocycles. The van der Waals surface area contributed by atoms with Crippen molar-refractivity contribution in [1.29, 1.82) is 0 Å². The standard InChI is InChI=1S/C20H17FN2O2/c21-17-7-4-8-18(13-17)25-14-19(24)23-20(15-5-2-1-3-6-15)16-9-11-22-12-10-16/h1-13,20H,14H2,(H,23,24). The van der Waals surface area contributed by atoms with Gasteiger partial charge in [0.25, 0.3) is 5.91 Å². The van der Waals surface area contributed by atoms with Gasteiger partial charge in [-0.2, -0.15) is 0 Å². The number of aromatic nitrogens is 1. The molecule has 0 aliphatic heterocycles. The van der Waals surface area contributed by atoms with Gasteiger partial charge >= 0.3 is 0 Å². The Labute approximate surface area is 145 Å². The van der Waals surface area contributed by atoms with Crippen molar-refractivity contribution in [3.05, 3.63) is 96.1 Å². The van der Waals surface area contributed by atoms with Crippen molar-refractivity contribution in [3.8, 4) is 5.75 Å². The first-order valence-electron chi connectivity index (χ1n) is 7.85. The van der Waals surface area contributed by atoms with Crippen molar-refractivity contribution >= 4 is 5.91 Å². The Morgan fingerprint density at radius 3 is 2.44 bits per heavy atom. The molecule has 1 aromatic heterocycles. The average molecular weight is 336 g/mol. The maximum atomic E-state index is 13.2. The van der Waals surface area contributed by atoms with E-state index in [0.29, 0.717) is 5.75 Å². The Hall–Kier alpha value is -3.21. The molecule has 1 amide bonds. The Kier molecular flexibility index (Phi) is 5.36. The van der Waals surface area contributed by atoms with Gasteiger partial charge in [-0.15, -0.1) is 0 Å². The molecule has 0 radical (unpaired) electrons. The van der Waals surface area contributed by atoms with Gasteiger partial charge in [0.15, 0.2) is 6.61 Å². The van der Waals surface area contributed by atoms with Crippen LogP contribution in [0.15, 0.2) is 79.1 Å². The van der Waals surface area contributed by atoms with Crippen LogP contribution in [0.4, 0.5) is 4.39 Å². The number of hydrogen-bond donors (Lipinski definition) is 1. The molecular weight excluding hydrogens is 319 g/mol. The smallest absolute Gasteiger partial charge is 0.258 e. The summed E-state index contributed by atoms with van der Waals surface area (Å²) in [5.74, 6) is -0.387. The maximum absolute atomic E-state index is 13.2. The van der Waals surface area contributed by atoms with Crippen LogP contribution in [0.25, 0.3) is 0 Å². The van der Waals surface area contributed by atoms with Gasteiger partial charge in [0.1, 0.15) is 11.6 Å². The fourth-order valence-electron chi connectivity index (χ4n) is 2.47. The molecule has 1 atom stereocenters. The highest BCUT2D eigenvalue weighted by Crippen LogP contribution is 2.21. The van der Waals surface area contributed by atoms with Crippen LogP contribution in [0.3, 0.4) is 0 Å². The van der Waals surface area contributed by atoms with Crippen LogP contribution in [-0.2, 0) is 4.79 Å². The lowest BCUT2D eigenvalue weighted by atomic mass is 10.00. The SMILES string of the molecule is O=C(COc1cccc(F)c1)NC(c1ccccc1)c1ccncc1. The van der Waals surface area contributed by atoms with E-state index < -0.39 is 5.82 Å². The van der Waals surface area contributed by atoms with Gasteiger partial charge < -0.3 is 10.1 Å². The summed E-state index contributed by atoms with van der Waals surface area (Å²) in [5.41, 5.74) is 1.87. The van der Waals surface area contributed by atoms with Crippen LogP contribution < -0.4 is 10.1 Å². The van der Waals surface area contributed by atoms with Crippen LogP contribution in [0, 0.1) is 5.82 Å². The minimum atomic E-state index is -0.406. The molecule has 126 valence electrons. The molecule has 4 nitrogen and oxygen atoms in total. The first kappa shape index (κ1) is 16.6. The molecule has 0 spiro atoms. The Balaban J connectivity index is 1.71. The molecule has 25 heavy (non-hydrogen) atoms. The van der Waals surface area contributed by atoms with Gasteiger partial charge in [0.2, 0.25) is 0 Å². The average Bonchev–Trinajstić information content (AvgIpc) is 2.66. The Morgan fingerprint density at radius 2 is 1.72 bits per heavy atom. The number of rotatable bonds is 6. The topological polar surface area (TPSA) is 51.2 Å². The van der Waals surface area contributed by atoms with E-state index in [-0.39, 0.29) is 18.6 Å². The predicted octanol–water partition coefficient (Wildman–Crippen LogP) is 3.51. The molecule has 0 fully saturated rings. The summed E-state index contributed by atoms with van der Waals surface area (Å²) < 4.78 is 18.5. The third-order valence-electron chi connectivity index (χ3n) is 3.64.